The third kappa shape index (κ3) is 4.69. The Hall–Kier alpha value is -1.26. The summed E-state index contributed by atoms with van der Waals surface area (Å²) in [5, 5.41) is 15.4. The number of aliphatic hydroxyl groups is 1. The van der Waals surface area contributed by atoms with Gasteiger partial charge in [-0.1, -0.05) is 0 Å². The van der Waals surface area contributed by atoms with Crippen LogP contribution < -0.4 is 15.4 Å². The fourth-order valence-electron chi connectivity index (χ4n) is 2.53. The van der Waals surface area contributed by atoms with E-state index in [1.807, 2.05) is 6.07 Å². The third-order valence-corrected chi connectivity index (χ3v) is 3.69. The van der Waals surface area contributed by atoms with Crippen molar-refractivity contribution in [2.75, 3.05) is 31.6 Å². The molecule has 3 N–H and O–H groups in total. The lowest BCUT2D eigenvalue weighted by molar-refractivity contribution is 0.279. The molecule has 0 saturated heterocycles. The second-order valence-corrected chi connectivity index (χ2v) is 5.42. The summed E-state index contributed by atoms with van der Waals surface area (Å²) in [6.45, 7) is 4.86. The Balaban J connectivity index is 1.59. The van der Waals surface area contributed by atoms with Crippen LogP contribution in [0.4, 0.5) is 5.69 Å². The van der Waals surface area contributed by atoms with Gasteiger partial charge < -0.3 is 20.5 Å². The fraction of sp³-hybridized carbons (Fsp3) is 0.625. The Morgan fingerprint density at radius 3 is 3.15 bits per heavy atom. The third-order valence-electron chi connectivity index (χ3n) is 3.69. The maximum atomic E-state index is 8.73. The van der Waals surface area contributed by atoms with Crippen molar-refractivity contribution in [1.29, 1.82) is 0 Å². The Kier molecular flexibility index (Phi) is 6.15. The van der Waals surface area contributed by atoms with E-state index in [-0.39, 0.29) is 6.61 Å². The SMILES string of the molecule is CC(CCCCOc1ccc2c(c1)CCN2)NCCO. The number of fused-ring (bicyclic) bond motifs is 1. The Bertz CT molecular complexity index is 409. The van der Waals surface area contributed by atoms with Crippen molar-refractivity contribution in [2.24, 2.45) is 0 Å². The van der Waals surface area contributed by atoms with Crippen molar-refractivity contribution in [3.8, 4) is 5.75 Å². The van der Waals surface area contributed by atoms with Crippen LogP contribution in [0.25, 0.3) is 0 Å². The molecule has 1 aliphatic heterocycles. The zero-order valence-corrected chi connectivity index (χ0v) is 12.3. The minimum atomic E-state index is 0.209. The lowest BCUT2D eigenvalue weighted by Crippen LogP contribution is -2.28. The van der Waals surface area contributed by atoms with Gasteiger partial charge in [0.05, 0.1) is 13.2 Å². The molecule has 4 nitrogen and oxygen atoms in total. The van der Waals surface area contributed by atoms with Gasteiger partial charge in [0.25, 0.3) is 0 Å². The molecule has 1 aromatic rings. The summed E-state index contributed by atoms with van der Waals surface area (Å²) in [7, 11) is 0. The summed E-state index contributed by atoms with van der Waals surface area (Å²) in [4.78, 5) is 0. The number of rotatable bonds is 9. The predicted octanol–water partition coefficient (Wildman–Crippen LogP) is 2.17. The van der Waals surface area contributed by atoms with Crippen LogP contribution in [-0.4, -0.2) is 37.5 Å². The van der Waals surface area contributed by atoms with Crippen molar-refractivity contribution >= 4 is 5.69 Å². The first kappa shape index (κ1) is 15.1. The quantitative estimate of drug-likeness (QED) is 0.606. The van der Waals surface area contributed by atoms with Gasteiger partial charge in [-0.3, -0.25) is 0 Å². The van der Waals surface area contributed by atoms with E-state index in [4.69, 9.17) is 9.84 Å². The molecular formula is C16H26N2O2. The van der Waals surface area contributed by atoms with E-state index in [2.05, 4.69) is 29.7 Å². The second kappa shape index (κ2) is 8.12. The molecule has 0 aliphatic carbocycles. The number of anilines is 1. The van der Waals surface area contributed by atoms with E-state index in [1.54, 1.807) is 0 Å². The first-order valence-electron chi connectivity index (χ1n) is 7.63. The Morgan fingerprint density at radius 1 is 1.40 bits per heavy atom. The van der Waals surface area contributed by atoms with Gasteiger partial charge in [-0.05, 0) is 56.4 Å². The minimum Gasteiger partial charge on any atom is -0.494 e. The van der Waals surface area contributed by atoms with Crippen LogP contribution in [0, 0.1) is 0 Å². The average Bonchev–Trinajstić information content (AvgIpc) is 2.92. The van der Waals surface area contributed by atoms with Gasteiger partial charge in [-0.2, -0.15) is 0 Å². The van der Waals surface area contributed by atoms with Gasteiger partial charge in [-0.25, -0.2) is 0 Å². The highest BCUT2D eigenvalue weighted by atomic mass is 16.5. The molecule has 112 valence electrons. The minimum absolute atomic E-state index is 0.209. The summed E-state index contributed by atoms with van der Waals surface area (Å²) < 4.78 is 5.81. The molecular weight excluding hydrogens is 252 g/mol. The smallest absolute Gasteiger partial charge is 0.119 e. The maximum Gasteiger partial charge on any atom is 0.119 e. The van der Waals surface area contributed by atoms with Crippen LogP contribution in [0.5, 0.6) is 5.75 Å². The number of unbranched alkanes of at least 4 members (excludes halogenated alkanes) is 1. The highest BCUT2D eigenvalue weighted by Gasteiger charge is 2.10. The van der Waals surface area contributed by atoms with Crippen molar-refractivity contribution in [2.45, 2.75) is 38.6 Å². The molecule has 0 radical (unpaired) electrons. The molecule has 0 fully saturated rings. The lowest BCUT2D eigenvalue weighted by atomic mass is 10.1. The first-order valence-corrected chi connectivity index (χ1v) is 7.63. The van der Waals surface area contributed by atoms with Crippen LogP contribution in [0.3, 0.4) is 0 Å². The molecule has 1 unspecified atom stereocenters. The number of hydrogen-bond acceptors (Lipinski definition) is 4. The molecule has 0 saturated carbocycles. The van der Waals surface area contributed by atoms with E-state index in [9.17, 15) is 0 Å². The number of benzene rings is 1. The highest BCUT2D eigenvalue weighted by molar-refractivity contribution is 5.57. The summed E-state index contributed by atoms with van der Waals surface area (Å²) in [5.74, 6) is 0.985. The molecule has 0 amide bonds. The van der Waals surface area contributed by atoms with Gasteiger partial charge in [0, 0.05) is 24.8 Å². The second-order valence-electron chi connectivity index (χ2n) is 5.42. The highest BCUT2D eigenvalue weighted by Crippen LogP contribution is 2.26. The summed E-state index contributed by atoms with van der Waals surface area (Å²) in [6.07, 6.45) is 4.44. The van der Waals surface area contributed by atoms with Crippen LogP contribution >= 0.6 is 0 Å². The van der Waals surface area contributed by atoms with Gasteiger partial charge >= 0.3 is 0 Å². The number of nitrogens with one attached hydrogen (secondary N) is 2. The lowest BCUT2D eigenvalue weighted by Gasteiger charge is -2.13. The van der Waals surface area contributed by atoms with Crippen LogP contribution in [0.1, 0.15) is 31.7 Å². The van der Waals surface area contributed by atoms with Gasteiger partial charge in [0.15, 0.2) is 0 Å². The molecule has 20 heavy (non-hydrogen) atoms. The van der Waals surface area contributed by atoms with E-state index < -0.39 is 0 Å². The van der Waals surface area contributed by atoms with E-state index in [0.29, 0.717) is 12.6 Å². The molecule has 1 atom stereocenters. The van der Waals surface area contributed by atoms with Crippen molar-refractivity contribution in [3.05, 3.63) is 23.8 Å². The van der Waals surface area contributed by atoms with E-state index >= 15 is 0 Å². The Labute approximate surface area is 121 Å². The molecule has 1 aliphatic rings. The van der Waals surface area contributed by atoms with Crippen molar-refractivity contribution in [3.63, 3.8) is 0 Å². The predicted molar refractivity (Wildman–Crippen MR) is 82.5 cm³/mol. The zero-order valence-electron chi connectivity index (χ0n) is 12.3. The number of hydrogen-bond donors (Lipinski definition) is 3. The van der Waals surface area contributed by atoms with Crippen molar-refractivity contribution < 1.29 is 9.84 Å². The average molecular weight is 278 g/mol. The number of ether oxygens (including phenoxy) is 1. The summed E-state index contributed by atoms with van der Waals surface area (Å²) in [5.41, 5.74) is 2.62. The van der Waals surface area contributed by atoms with Crippen LogP contribution in [-0.2, 0) is 6.42 Å². The standard InChI is InChI=1S/C16H26N2O2/c1-13(17-9-10-19)4-2-3-11-20-15-5-6-16-14(12-15)7-8-18-16/h5-6,12-13,17-19H,2-4,7-11H2,1H3. The van der Waals surface area contributed by atoms with E-state index in [0.717, 1.165) is 44.6 Å². The Morgan fingerprint density at radius 2 is 2.30 bits per heavy atom. The number of aliphatic hydroxyl groups excluding tert-OH is 1. The molecule has 4 heteroatoms. The zero-order chi connectivity index (χ0) is 14.2. The molecule has 0 aromatic heterocycles. The molecule has 2 rings (SSSR count). The van der Waals surface area contributed by atoms with Crippen LogP contribution in [0.15, 0.2) is 18.2 Å². The largest absolute Gasteiger partial charge is 0.494 e. The van der Waals surface area contributed by atoms with Gasteiger partial charge in [-0.15, -0.1) is 0 Å². The van der Waals surface area contributed by atoms with Gasteiger partial charge in [0.1, 0.15) is 5.75 Å². The van der Waals surface area contributed by atoms with Gasteiger partial charge in [0.2, 0.25) is 0 Å². The molecule has 0 spiro atoms. The molecule has 1 heterocycles. The van der Waals surface area contributed by atoms with Crippen LogP contribution in [0.2, 0.25) is 0 Å². The van der Waals surface area contributed by atoms with E-state index in [1.165, 1.54) is 11.3 Å². The monoisotopic (exact) mass is 278 g/mol. The normalized spacial score (nSPS) is 14.7. The van der Waals surface area contributed by atoms with Crippen molar-refractivity contribution in [1.82, 2.24) is 5.32 Å². The molecule has 1 aromatic carbocycles. The molecule has 0 bridgehead atoms. The summed E-state index contributed by atoms with van der Waals surface area (Å²) in [6, 6.07) is 6.77. The first-order chi connectivity index (χ1) is 9.79. The fourth-order valence-corrected chi connectivity index (χ4v) is 2.53. The maximum absolute atomic E-state index is 8.73. The topological polar surface area (TPSA) is 53.5 Å². The summed E-state index contributed by atoms with van der Waals surface area (Å²) >= 11 is 0.